The molecular formula is C11H15FN4. The summed E-state index contributed by atoms with van der Waals surface area (Å²) in [6.45, 7) is 0. The van der Waals surface area contributed by atoms with E-state index in [9.17, 15) is 4.39 Å². The van der Waals surface area contributed by atoms with Crippen LogP contribution in [0.25, 0.3) is 0 Å². The van der Waals surface area contributed by atoms with Gasteiger partial charge in [-0.1, -0.05) is 12.6 Å². The van der Waals surface area contributed by atoms with Gasteiger partial charge in [-0.05, 0) is 42.5 Å². The molecule has 1 aliphatic rings. The van der Waals surface area contributed by atoms with Crippen LogP contribution in [0.2, 0.25) is 0 Å². The summed E-state index contributed by atoms with van der Waals surface area (Å²) in [4.78, 5) is 0. The molecule has 4 nitrogen and oxygen atoms in total. The minimum atomic E-state index is -0.282. The summed E-state index contributed by atoms with van der Waals surface area (Å²) in [6.07, 6.45) is 3.03. The van der Waals surface area contributed by atoms with Crippen molar-refractivity contribution in [3.8, 4) is 0 Å². The van der Waals surface area contributed by atoms with Crippen molar-refractivity contribution in [1.29, 1.82) is 10.9 Å². The first-order valence-corrected chi connectivity index (χ1v) is 4.73. The number of anilines is 1. The number of halogens is 1. The number of nitrogens with one attached hydrogen (secondary N) is 2. The molecule has 0 unspecified atom stereocenters. The zero-order valence-corrected chi connectivity index (χ0v) is 8.07. The minimum Gasteiger partial charge on any atom is -0.289 e. The maximum Gasteiger partial charge on any atom is 0.123 e. The summed E-state index contributed by atoms with van der Waals surface area (Å²) in [5.41, 5.74) is 8.39. The molecule has 0 atom stereocenters. The second-order valence-corrected chi connectivity index (χ2v) is 3.55. The van der Waals surface area contributed by atoms with Crippen molar-refractivity contribution in [2.75, 3.05) is 5.01 Å². The average Bonchev–Trinajstić information content (AvgIpc) is 3.05. The molecule has 0 bridgehead atoms. The monoisotopic (exact) mass is 222 g/mol. The predicted octanol–water partition coefficient (Wildman–Crippen LogP) is 3.70. The highest BCUT2D eigenvalue weighted by Crippen LogP contribution is 2.44. The van der Waals surface area contributed by atoms with Gasteiger partial charge in [-0.2, -0.15) is 5.53 Å². The highest BCUT2D eigenvalue weighted by atomic mass is 19.1. The average molecular weight is 222 g/mol. The summed E-state index contributed by atoms with van der Waals surface area (Å²) in [5.74, 6) is 0.0791. The van der Waals surface area contributed by atoms with Gasteiger partial charge in [0.25, 0.3) is 0 Å². The topological polar surface area (TPSA) is 63.3 Å². The Balaban J connectivity index is 0.00000128. The first-order chi connectivity index (χ1) is 7.26. The molecule has 0 aliphatic heterocycles. The third kappa shape index (κ3) is 2.24. The van der Waals surface area contributed by atoms with E-state index in [2.05, 4.69) is 5.22 Å². The van der Waals surface area contributed by atoms with E-state index in [1.165, 1.54) is 12.1 Å². The van der Waals surface area contributed by atoms with Crippen LogP contribution in [0.1, 0.15) is 31.7 Å². The summed E-state index contributed by atoms with van der Waals surface area (Å²) < 4.78 is 13.1. The van der Waals surface area contributed by atoms with Gasteiger partial charge in [0, 0.05) is 0 Å². The molecule has 2 rings (SSSR count). The van der Waals surface area contributed by atoms with E-state index in [1.54, 1.807) is 6.07 Å². The van der Waals surface area contributed by atoms with Gasteiger partial charge in [0.05, 0.1) is 5.69 Å². The fourth-order valence-electron chi connectivity index (χ4n) is 1.61. The van der Waals surface area contributed by atoms with Crippen LogP contribution in [0, 0.1) is 16.8 Å². The number of benzene rings is 1. The molecule has 0 spiro atoms. The summed E-state index contributed by atoms with van der Waals surface area (Å²) >= 11 is 0. The van der Waals surface area contributed by atoms with E-state index in [1.807, 2.05) is 0 Å². The molecule has 1 aromatic rings. The van der Waals surface area contributed by atoms with Crippen LogP contribution in [-0.2, 0) is 0 Å². The molecule has 0 aromatic heterocycles. The Bertz CT molecular complexity index is 393. The van der Waals surface area contributed by atoms with Gasteiger partial charge in [0.2, 0.25) is 0 Å². The molecule has 1 saturated carbocycles. The molecule has 0 amide bonds. The summed E-state index contributed by atoms with van der Waals surface area (Å²) in [7, 11) is 0. The standard InChI is InChI=1S/C10H11FN4.CH4/c11-8-3-4-10(15(6-12)14-13)9(5-8)7-1-2-7;/h3-7,12-13H,1-2H2;1H4. The SMILES string of the molecule is C.N=CN(N=N)c1ccc(F)cc1C1CC1. The summed E-state index contributed by atoms with van der Waals surface area (Å²) in [5, 5.41) is 11.4. The Morgan fingerprint density at radius 2 is 2.12 bits per heavy atom. The molecule has 1 aliphatic carbocycles. The number of hydrogen-bond acceptors (Lipinski definition) is 3. The largest absolute Gasteiger partial charge is 0.289 e. The number of hydrogen-bond donors (Lipinski definition) is 2. The molecule has 2 N–H and O–H groups in total. The Morgan fingerprint density at radius 1 is 1.44 bits per heavy atom. The van der Waals surface area contributed by atoms with Crippen molar-refractivity contribution in [2.24, 2.45) is 5.22 Å². The lowest BCUT2D eigenvalue weighted by atomic mass is 10.1. The second-order valence-electron chi connectivity index (χ2n) is 3.55. The molecule has 1 aromatic carbocycles. The van der Waals surface area contributed by atoms with Crippen LogP contribution >= 0.6 is 0 Å². The zero-order chi connectivity index (χ0) is 10.8. The van der Waals surface area contributed by atoms with Crippen molar-refractivity contribution in [3.05, 3.63) is 29.6 Å². The van der Waals surface area contributed by atoms with Gasteiger partial charge in [-0.25, -0.2) is 9.40 Å². The van der Waals surface area contributed by atoms with Crippen LogP contribution in [0.4, 0.5) is 10.1 Å². The number of nitrogens with zero attached hydrogens (tertiary/aromatic N) is 2. The lowest BCUT2D eigenvalue weighted by Crippen LogP contribution is -2.13. The molecule has 16 heavy (non-hydrogen) atoms. The van der Waals surface area contributed by atoms with Gasteiger partial charge in [-0.3, -0.25) is 5.41 Å². The normalized spacial score (nSPS) is 13.8. The quantitative estimate of drug-likeness (QED) is 0.347. The van der Waals surface area contributed by atoms with Gasteiger partial charge in [0.1, 0.15) is 12.2 Å². The van der Waals surface area contributed by atoms with E-state index in [-0.39, 0.29) is 13.2 Å². The molecule has 86 valence electrons. The molecule has 5 heteroatoms. The van der Waals surface area contributed by atoms with Crippen LogP contribution in [0.5, 0.6) is 0 Å². The van der Waals surface area contributed by atoms with E-state index < -0.39 is 0 Å². The van der Waals surface area contributed by atoms with Crippen molar-refractivity contribution < 1.29 is 4.39 Å². The van der Waals surface area contributed by atoms with Crippen LogP contribution < -0.4 is 5.01 Å². The first kappa shape index (κ1) is 12.3. The molecule has 0 radical (unpaired) electrons. The van der Waals surface area contributed by atoms with Gasteiger partial charge >= 0.3 is 0 Å². The van der Waals surface area contributed by atoms with Crippen LogP contribution in [-0.4, -0.2) is 6.34 Å². The molecule has 0 heterocycles. The minimum absolute atomic E-state index is 0. The fourth-order valence-corrected chi connectivity index (χ4v) is 1.61. The highest BCUT2D eigenvalue weighted by Gasteiger charge is 2.28. The zero-order valence-electron chi connectivity index (χ0n) is 8.07. The van der Waals surface area contributed by atoms with Crippen molar-refractivity contribution in [3.63, 3.8) is 0 Å². The van der Waals surface area contributed by atoms with E-state index in [4.69, 9.17) is 10.9 Å². The molecule has 0 saturated heterocycles. The van der Waals surface area contributed by atoms with Gasteiger partial charge < -0.3 is 0 Å². The Hall–Kier alpha value is -1.78. The van der Waals surface area contributed by atoms with E-state index in [0.29, 0.717) is 11.6 Å². The molecule has 1 fully saturated rings. The lowest BCUT2D eigenvalue weighted by Gasteiger charge is -2.14. The van der Waals surface area contributed by atoms with Crippen molar-refractivity contribution >= 4 is 12.0 Å². The van der Waals surface area contributed by atoms with Crippen molar-refractivity contribution in [1.82, 2.24) is 0 Å². The van der Waals surface area contributed by atoms with Crippen LogP contribution in [0.15, 0.2) is 23.4 Å². The van der Waals surface area contributed by atoms with Crippen molar-refractivity contribution in [2.45, 2.75) is 26.2 Å². The van der Waals surface area contributed by atoms with Gasteiger partial charge in [-0.15, -0.1) is 0 Å². The maximum absolute atomic E-state index is 13.1. The highest BCUT2D eigenvalue weighted by molar-refractivity contribution is 5.78. The second kappa shape index (κ2) is 4.83. The lowest BCUT2D eigenvalue weighted by molar-refractivity contribution is 0.625. The van der Waals surface area contributed by atoms with Crippen LogP contribution in [0.3, 0.4) is 0 Å². The Kier molecular flexibility index (Phi) is 3.71. The Labute approximate surface area is 94.1 Å². The predicted molar refractivity (Wildman–Crippen MR) is 61.5 cm³/mol. The van der Waals surface area contributed by atoms with E-state index in [0.717, 1.165) is 29.8 Å². The first-order valence-electron chi connectivity index (χ1n) is 4.73. The van der Waals surface area contributed by atoms with E-state index >= 15 is 0 Å². The third-order valence-electron chi connectivity index (χ3n) is 2.48. The number of rotatable bonds is 4. The summed E-state index contributed by atoms with van der Waals surface area (Å²) in [6, 6.07) is 4.35. The fraction of sp³-hybridized carbons (Fsp3) is 0.364. The third-order valence-corrected chi connectivity index (χ3v) is 2.48. The maximum atomic E-state index is 13.1. The smallest absolute Gasteiger partial charge is 0.123 e. The van der Waals surface area contributed by atoms with Gasteiger partial charge in [0.15, 0.2) is 0 Å². The molecular weight excluding hydrogens is 207 g/mol. The Morgan fingerprint density at radius 3 is 2.62 bits per heavy atom.